The van der Waals surface area contributed by atoms with E-state index < -0.39 is 0 Å². The monoisotopic (exact) mass is 309 g/mol. The molecule has 1 atom stereocenters. The van der Waals surface area contributed by atoms with Crippen molar-refractivity contribution < 1.29 is 4.39 Å². The van der Waals surface area contributed by atoms with Gasteiger partial charge >= 0.3 is 0 Å². The lowest BCUT2D eigenvalue weighted by molar-refractivity contribution is 0.482. The molecule has 21 heavy (non-hydrogen) atoms. The molecular formula is C16H21ClFN3. The van der Waals surface area contributed by atoms with Crippen LogP contribution in [0.3, 0.4) is 0 Å². The summed E-state index contributed by atoms with van der Waals surface area (Å²) < 4.78 is 15.3. The van der Waals surface area contributed by atoms with Gasteiger partial charge in [0.25, 0.3) is 0 Å². The zero-order chi connectivity index (χ0) is 15.2. The van der Waals surface area contributed by atoms with Gasteiger partial charge in [0, 0.05) is 24.0 Å². The maximum absolute atomic E-state index is 13.2. The molecule has 0 spiro atoms. The molecule has 0 radical (unpaired) electrons. The molecule has 114 valence electrons. The number of imidazole rings is 1. The van der Waals surface area contributed by atoms with Crippen LogP contribution in [0, 0.1) is 5.82 Å². The number of aryl methyl sites for hydroxylation is 1. The number of halogens is 2. The lowest BCUT2D eigenvalue weighted by Gasteiger charge is -2.20. The summed E-state index contributed by atoms with van der Waals surface area (Å²) in [6.07, 6.45) is 5.52. The molecule has 0 aliphatic rings. The van der Waals surface area contributed by atoms with Crippen LogP contribution in [0.4, 0.5) is 4.39 Å². The number of nitrogens with one attached hydrogen (secondary N) is 1. The second-order valence-electron chi connectivity index (χ2n) is 5.02. The number of hydrogen-bond donors (Lipinski definition) is 1. The van der Waals surface area contributed by atoms with Gasteiger partial charge in [0.15, 0.2) is 0 Å². The second-order valence-corrected chi connectivity index (χ2v) is 5.43. The molecule has 0 fully saturated rings. The lowest BCUT2D eigenvalue weighted by Crippen LogP contribution is -2.27. The predicted octanol–water partition coefficient (Wildman–Crippen LogP) is 3.98. The summed E-state index contributed by atoms with van der Waals surface area (Å²) in [6.45, 7) is 5.99. The van der Waals surface area contributed by atoms with Gasteiger partial charge in [0.2, 0.25) is 0 Å². The Labute approximate surface area is 130 Å². The summed E-state index contributed by atoms with van der Waals surface area (Å²) in [5.74, 6) is 0.684. The average Bonchev–Trinajstić information content (AvgIpc) is 2.94. The zero-order valence-corrected chi connectivity index (χ0v) is 13.2. The number of benzene rings is 1. The summed E-state index contributed by atoms with van der Waals surface area (Å²) in [5.41, 5.74) is 0.928. The van der Waals surface area contributed by atoms with Gasteiger partial charge < -0.3 is 9.88 Å². The van der Waals surface area contributed by atoms with Crippen LogP contribution in [0.1, 0.15) is 37.7 Å². The van der Waals surface area contributed by atoms with Crippen LogP contribution in [0.15, 0.2) is 30.6 Å². The highest BCUT2D eigenvalue weighted by molar-refractivity contribution is 6.31. The molecule has 1 heterocycles. The SMILES string of the molecule is CCCNC(Cc1ccc(F)cc1Cl)c1nccn1CC. The Morgan fingerprint density at radius 1 is 1.38 bits per heavy atom. The van der Waals surface area contributed by atoms with Crippen molar-refractivity contribution >= 4 is 11.6 Å². The quantitative estimate of drug-likeness (QED) is 0.838. The fourth-order valence-corrected chi connectivity index (χ4v) is 2.62. The standard InChI is InChI=1S/C16H21ClFN3/c1-3-7-19-15(16-20-8-9-21(16)4-2)10-12-5-6-13(18)11-14(12)17/h5-6,8-9,11,15,19H,3-4,7,10H2,1-2H3. The van der Waals surface area contributed by atoms with Gasteiger partial charge in [-0.2, -0.15) is 0 Å². The summed E-state index contributed by atoms with van der Waals surface area (Å²) in [6, 6.07) is 4.63. The first-order valence-electron chi connectivity index (χ1n) is 7.34. The maximum Gasteiger partial charge on any atom is 0.126 e. The van der Waals surface area contributed by atoms with Crippen LogP contribution in [0.5, 0.6) is 0 Å². The van der Waals surface area contributed by atoms with Crippen molar-refractivity contribution in [2.75, 3.05) is 6.54 Å². The van der Waals surface area contributed by atoms with Crippen molar-refractivity contribution in [3.63, 3.8) is 0 Å². The Morgan fingerprint density at radius 2 is 2.19 bits per heavy atom. The molecule has 1 aromatic carbocycles. The topological polar surface area (TPSA) is 29.9 Å². The van der Waals surface area contributed by atoms with E-state index in [9.17, 15) is 4.39 Å². The molecule has 1 unspecified atom stereocenters. The van der Waals surface area contributed by atoms with E-state index in [1.54, 1.807) is 6.07 Å². The number of nitrogens with zero attached hydrogens (tertiary/aromatic N) is 2. The van der Waals surface area contributed by atoms with Crippen LogP contribution in [0.2, 0.25) is 5.02 Å². The Morgan fingerprint density at radius 3 is 2.86 bits per heavy atom. The van der Waals surface area contributed by atoms with Crippen molar-refractivity contribution in [2.24, 2.45) is 0 Å². The first kappa shape index (κ1) is 16.0. The minimum absolute atomic E-state index is 0.0721. The van der Waals surface area contributed by atoms with Gasteiger partial charge in [-0.1, -0.05) is 24.6 Å². The van der Waals surface area contributed by atoms with E-state index in [0.717, 1.165) is 30.9 Å². The van der Waals surface area contributed by atoms with Crippen molar-refractivity contribution in [1.29, 1.82) is 0 Å². The number of hydrogen-bond acceptors (Lipinski definition) is 2. The molecule has 0 bridgehead atoms. The predicted molar refractivity (Wildman–Crippen MR) is 84.0 cm³/mol. The zero-order valence-electron chi connectivity index (χ0n) is 12.4. The fourth-order valence-electron chi connectivity index (χ4n) is 2.38. The molecular weight excluding hydrogens is 289 g/mol. The Balaban J connectivity index is 2.24. The highest BCUT2D eigenvalue weighted by Gasteiger charge is 2.18. The van der Waals surface area contributed by atoms with Crippen LogP contribution in [-0.4, -0.2) is 16.1 Å². The van der Waals surface area contributed by atoms with E-state index >= 15 is 0 Å². The summed E-state index contributed by atoms with van der Waals surface area (Å²) in [7, 11) is 0. The molecule has 3 nitrogen and oxygen atoms in total. The highest BCUT2D eigenvalue weighted by Crippen LogP contribution is 2.24. The Kier molecular flexibility index (Phi) is 5.76. The summed E-state index contributed by atoms with van der Waals surface area (Å²) >= 11 is 6.15. The maximum atomic E-state index is 13.2. The smallest absolute Gasteiger partial charge is 0.126 e. The molecule has 5 heteroatoms. The summed E-state index contributed by atoms with van der Waals surface area (Å²) in [5, 5.41) is 3.97. The minimum atomic E-state index is -0.308. The number of rotatable bonds is 7. The molecule has 0 saturated carbocycles. The van der Waals surface area contributed by atoms with Crippen LogP contribution >= 0.6 is 11.6 Å². The molecule has 2 rings (SSSR count). The van der Waals surface area contributed by atoms with Crippen LogP contribution in [-0.2, 0) is 13.0 Å². The van der Waals surface area contributed by atoms with E-state index in [1.807, 2.05) is 12.4 Å². The Bertz CT molecular complexity index is 583. The largest absolute Gasteiger partial charge is 0.334 e. The van der Waals surface area contributed by atoms with Crippen molar-refractivity contribution in [3.05, 3.63) is 52.8 Å². The first-order valence-corrected chi connectivity index (χ1v) is 7.71. The molecule has 0 aliphatic heterocycles. The third kappa shape index (κ3) is 4.05. The summed E-state index contributed by atoms with van der Waals surface area (Å²) in [4.78, 5) is 4.47. The normalized spacial score (nSPS) is 12.6. The average molecular weight is 310 g/mol. The third-order valence-electron chi connectivity index (χ3n) is 3.48. The van der Waals surface area contributed by atoms with Crippen LogP contribution < -0.4 is 5.32 Å². The van der Waals surface area contributed by atoms with Crippen molar-refractivity contribution in [3.8, 4) is 0 Å². The van der Waals surface area contributed by atoms with Crippen molar-refractivity contribution in [2.45, 2.75) is 39.3 Å². The van der Waals surface area contributed by atoms with Gasteiger partial charge in [-0.25, -0.2) is 9.37 Å². The van der Waals surface area contributed by atoms with E-state index in [0.29, 0.717) is 11.4 Å². The molecule has 2 aromatic rings. The van der Waals surface area contributed by atoms with E-state index in [1.165, 1.54) is 12.1 Å². The van der Waals surface area contributed by atoms with Gasteiger partial charge in [0.05, 0.1) is 6.04 Å². The van der Waals surface area contributed by atoms with Gasteiger partial charge in [-0.3, -0.25) is 0 Å². The Hall–Kier alpha value is -1.39. The lowest BCUT2D eigenvalue weighted by atomic mass is 10.0. The fraction of sp³-hybridized carbons (Fsp3) is 0.438. The first-order chi connectivity index (χ1) is 10.2. The van der Waals surface area contributed by atoms with Gasteiger partial charge in [0.1, 0.15) is 11.6 Å². The molecule has 1 aromatic heterocycles. The van der Waals surface area contributed by atoms with E-state index in [2.05, 4.69) is 28.7 Å². The molecule has 1 N–H and O–H groups in total. The van der Waals surface area contributed by atoms with E-state index in [4.69, 9.17) is 11.6 Å². The second kappa shape index (κ2) is 7.57. The molecule has 0 amide bonds. The number of aromatic nitrogens is 2. The minimum Gasteiger partial charge on any atom is -0.334 e. The molecule has 0 saturated heterocycles. The van der Waals surface area contributed by atoms with Crippen molar-refractivity contribution in [1.82, 2.24) is 14.9 Å². The van der Waals surface area contributed by atoms with Gasteiger partial charge in [-0.15, -0.1) is 0 Å². The molecule has 0 aliphatic carbocycles. The van der Waals surface area contributed by atoms with Crippen LogP contribution in [0.25, 0.3) is 0 Å². The highest BCUT2D eigenvalue weighted by atomic mass is 35.5. The van der Waals surface area contributed by atoms with Gasteiger partial charge in [-0.05, 0) is 44.0 Å². The van der Waals surface area contributed by atoms with E-state index in [-0.39, 0.29) is 11.9 Å². The third-order valence-corrected chi connectivity index (χ3v) is 3.83.